The van der Waals surface area contributed by atoms with Crippen LogP contribution in [-0.4, -0.2) is 31.9 Å². The zero-order valence-corrected chi connectivity index (χ0v) is 12.7. The lowest BCUT2D eigenvalue weighted by Gasteiger charge is -2.33. The number of nitrogens with two attached hydrogens (primary N) is 1. The van der Waals surface area contributed by atoms with E-state index in [2.05, 4.69) is 0 Å². The van der Waals surface area contributed by atoms with E-state index in [4.69, 9.17) is 5.73 Å². The molecule has 1 heterocycles. The highest BCUT2D eigenvalue weighted by Crippen LogP contribution is 2.28. The Morgan fingerprint density at radius 1 is 1.19 bits per heavy atom. The fraction of sp³-hybridized carbons (Fsp3) is 0.500. The summed E-state index contributed by atoms with van der Waals surface area (Å²) in [4.78, 5) is -1.11. The van der Waals surface area contributed by atoms with Crippen molar-refractivity contribution >= 4 is 22.4 Å². The fourth-order valence-corrected chi connectivity index (χ4v) is 4.22. The smallest absolute Gasteiger partial charge is 0.249 e. The molecule has 2 N–H and O–H groups in total. The van der Waals surface area contributed by atoms with Gasteiger partial charge in [-0.2, -0.15) is 4.31 Å². The summed E-state index contributed by atoms with van der Waals surface area (Å²) in [7, 11) is -4.36. The molecule has 1 fully saturated rings. The van der Waals surface area contributed by atoms with Gasteiger partial charge in [0.1, 0.15) is 17.5 Å². The number of halogens is 4. The second-order valence-corrected chi connectivity index (χ2v) is 6.53. The van der Waals surface area contributed by atoms with Crippen molar-refractivity contribution in [3.63, 3.8) is 0 Å². The first-order valence-electron chi connectivity index (χ1n) is 6.24. The van der Waals surface area contributed by atoms with Crippen LogP contribution in [0.25, 0.3) is 0 Å². The Balaban J connectivity index is 0.00000220. The van der Waals surface area contributed by atoms with Crippen LogP contribution in [-0.2, 0) is 10.0 Å². The average molecular weight is 345 g/mol. The largest absolute Gasteiger partial charge is 0.329 e. The number of rotatable bonds is 3. The molecule has 9 heteroatoms. The summed E-state index contributed by atoms with van der Waals surface area (Å²) in [5.41, 5.74) is 5.52. The number of nitrogens with zero attached hydrogens (tertiary/aromatic N) is 1. The van der Waals surface area contributed by atoms with Crippen molar-refractivity contribution in [2.24, 2.45) is 5.73 Å². The van der Waals surface area contributed by atoms with Gasteiger partial charge in [-0.25, -0.2) is 21.6 Å². The maximum atomic E-state index is 13.7. The van der Waals surface area contributed by atoms with Crippen molar-refractivity contribution in [2.75, 3.05) is 13.1 Å². The van der Waals surface area contributed by atoms with Crippen molar-refractivity contribution in [1.82, 2.24) is 4.31 Å². The Kier molecular flexibility index (Phi) is 6.03. The Morgan fingerprint density at radius 3 is 2.29 bits per heavy atom. The third kappa shape index (κ3) is 3.50. The Hall–Kier alpha value is -0.830. The van der Waals surface area contributed by atoms with Gasteiger partial charge in [-0.15, -0.1) is 12.4 Å². The van der Waals surface area contributed by atoms with Gasteiger partial charge in [0.05, 0.1) is 0 Å². The molecule has 0 saturated carbocycles. The summed E-state index contributed by atoms with van der Waals surface area (Å²) < 4.78 is 66.0. The third-order valence-corrected chi connectivity index (χ3v) is 5.38. The molecule has 2 rings (SSSR count). The van der Waals surface area contributed by atoms with Crippen molar-refractivity contribution in [2.45, 2.75) is 30.2 Å². The second-order valence-electron chi connectivity index (χ2n) is 4.70. The number of hydrogen-bond acceptors (Lipinski definition) is 3. The minimum Gasteiger partial charge on any atom is -0.329 e. The molecule has 21 heavy (non-hydrogen) atoms. The van der Waals surface area contributed by atoms with Gasteiger partial charge in [-0.3, -0.25) is 0 Å². The number of hydrogen-bond donors (Lipinski definition) is 1. The van der Waals surface area contributed by atoms with Crippen LogP contribution in [0.4, 0.5) is 13.2 Å². The highest BCUT2D eigenvalue weighted by molar-refractivity contribution is 7.89. The Labute approximate surface area is 127 Å². The summed E-state index contributed by atoms with van der Waals surface area (Å²) in [5, 5.41) is 0. The first-order valence-corrected chi connectivity index (χ1v) is 7.68. The van der Waals surface area contributed by atoms with E-state index in [0.717, 1.165) is 10.7 Å². The average Bonchev–Trinajstić information content (AvgIpc) is 2.37. The highest BCUT2D eigenvalue weighted by Gasteiger charge is 2.36. The minimum absolute atomic E-state index is 0. The van der Waals surface area contributed by atoms with Crippen LogP contribution in [0.1, 0.15) is 19.3 Å². The monoisotopic (exact) mass is 344 g/mol. The van der Waals surface area contributed by atoms with E-state index in [1.54, 1.807) is 0 Å². The van der Waals surface area contributed by atoms with E-state index in [1.165, 1.54) is 0 Å². The first-order chi connectivity index (χ1) is 9.37. The molecule has 0 spiro atoms. The summed E-state index contributed by atoms with van der Waals surface area (Å²) in [6.45, 7) is 0.226. The van der Waals surface area contributed by atoms with Crippen molar-refractivity contribution in [1.29, 1.82) is 0 Å². The van der Waals surface area contributed by atoms with Crippen LogP contribution in [0.2, 0.25) is 0 Å². The SMILES string of the molecule is Cl.NCC1CCCCN1S(=O)(=O)c1c(F)cc(F)cc1F. The van der Waals surface area contributed by atoms with Crippen LogP contribution in [0.15, 0.2) is 17.0 Å². The van der Waals surface area contributed by atoms with E-state index in [9.17, 15) is 21.6 Å². The maximum Gasteiger partial charge on any atom is 0.249 e. The molecular formula is C12H16ClF3N2O2S. The fourth-order valence-electron chi connectivity index (χ4n) is 2.42. The zero-order valence-electron chi connectivity index (χ0n) is 11.1. The standard InChI is InChI=1S/C12H15F3N2O2S.ClH/c13-8-5-10(14)12(11(15)6-8)20(18,19)17-4-2-1-3-9(17)7-16;/h5-6,9H,1-4,7,16H2;1H. The van der Waals surface area contributed by atoms with Gasteiger partial charge in [0.25, 0.3) is 0 Å². The second kappa shape index (κ2) is 6.95. The molecule has 1 unspecified atom stereocenters. The third-order valence-electron chi connectivity index (χ3n) is 3.37. The number of piperidine rings is 1. The lowest BCUT2D eigenvalue weighted by atomic mass is 10.1. The molecule has 1 aliphatic rings. The van der Waals surface area contributed by atoms with Crippen LogP contribution in [0.3, 0.4) is 0 Å². The Morgan fingerprint density at radius 2 is 1.76 bits per heavy atom. The van der Waals surface area contributed by atoms with E-state index in [0.29, 0.717) is 25.0 Å². The molecule has 1 atom stereocenters. The normalized spacial score (nSPS) is 20.1. The van der Waals surface area contributed by atoms with Crippen LogP contribution in [0.5, 0.6) is 0 Å². The summed E-state index contributed by atoms with van der Waals surface area (Å²) >= 11 is 0. The van der Waals surface area contributed by atoms with Crippen LogP contribution < -0.4 is 5.73 Å². The number of benzene rings is 1. The quantitative estimate of drug-likeness (QED) is 0.912. The molecule has 0 radical (unpaired) electrons. The van der Waals surface area contributed by atoms with Gasteiger partial charge in [-0.05, 0) is 12.8 Å². The molecule has 0 aromatic heterocycles. The predicted octanol–water partition coefficient (Wildman–Crippen LogP) is 2.03. The van der Waals surface area contributed by atoms with Gasteiger partial charge in [0.2, 0.25) is 10.0 Å². The molecule has 120 valence electrons. The van der Waals surface area contributed by atoms with Gasteiger partial charge >= 0.3 is 0 Å². The maximum absolute atomic E-state index is 13.7. The zero-order chi connectivity index (χ0) is 14.9. The molecular weight excluding hydrogens is 329 g/mol. The minimum atomic E-state index is -4.36. The topological polar surface area (TPSA) is 63.4 Å². The first kappa shape index (κ1) is 18.2. The lowest BCUT2D eigenvalue weighted by Crippen LogP contribution is -2.47. The highest BCUT2D eigenvalue weighted by atomic mass is 35.5. The van der Waals surface area contributed by atoms with E-state index in [-0.39, 0.29) is 25.5 Å². The van der Waals surface area contributed by atoms with Gasteiger partial charge in [0.15, 0.2) is 4.90 Å². The summed E-state index contributed by atoms with van der Waals surface area (Å²) in [6, 6.07) is 0.229. The molecule has 0 aliphatic carbocycles. The van der Waals surface area contributed by atoms with Gasteiger partial charge < -0.3 is 5.73 Å². The van der Waals surface area contributed by atoms with E-state index >= 15 is 0 Å². The summed E-state index contributed by atoms with van der Waals surface area (Å²) in [5.74, 6) is -4.01. The molecule has 1 aromatic carbocycles. The summed E-state index contributed by atoms with van der Waals surface area (Å²) in [6.07, 6.45) is 1.95. The van der Waals surface area contributed by atoms with Crippen molar-refractivity contribution < 1.29 is 21.6 Å². The Bertz CT molecular complexity index is 590. The van der Waals surface area contributed by atoms with E-state index in [1.807, 2.05) is 0 Å². The van der Waals surface area contributed by atoms with Crippen LogP contribution >= 0.6 is 12.4 Å². The molecule has 0 bridgehead atoms. The van der Waals surface area contributed by atoms with Crippen LogP contribution in [0, 0.1) is 17.5 Å². The molecule has 1 saturated heterocycles. The van der Waals surface area contributed by atoms with Crippen molar-refractivity contribution in [3.05, 3.63) is 29.6 Å². The number of sulfonamides is 1. The molecule has 0 amide bonds. The van der Waals surface area contributed by atoms with Gasteiger partial charge in [-0.1, -0.05) is 6.42 Å². The molecule has 1 aliphatic heterocycles. The molecule has 4 nitrogen and oxygen atoms in total. The lowest BCUT2D eigenvalue weighted by molar-refractivity contribution is 0.255. The van der Waals surface area contributed by atoms with E-state index < -0.39 is 38.4 Å². The predicted molar refractivity (Wildman–Crippen MR) is 74.1 cm³/mol. The van der Waals surface area contributed by atoms with Crippen molar-refractivity contribution in [3.8, 4) is 0 Å². The van der Waals surface area contributed by atoms with Gasteiger partial charge in [0, 0.05) is 31.3 Å². The molecule has 1 aromatic rings.